The van der Waals surface area contributed by atoms with Gasteiger partial charge in [0.15, 0.2) is 0 Å². The number of hydrogen-bond acceptors (Lipinski definition) is 1. The highest BCUT2D eigenvalue weighted by Gasteiger charge is 2.01. The van der Waals surface area contributed by atoms with Gasteiger partial charge >= 0.3 is 0 Å². The maximum absolute atomic E-state index is 9.29. The van der Waals surface area contributed by atoms with E-state index < -0.39 is 0 Å². The minimum Gasteiger partial charge on any atom is -0.393 e. The molecule has 66 valence electrons. The van der Waals surface area contributed by atoms with Gasteiger partial charge in [0.05, 0.1) is 6.10 Å². The molecule has 0 fully saturated rings. The Bertz CT molecular complexity index is 97.0. The molecule has 0 rings (SSSR count). The Morgan fingerprint density at radius 2 is 2.00 bits per heavy atom. The fourth-order valence-electron chi connectivity index (χ4n) is 1.07. The third kappa shape index (κ3) is 7.60. The molecule has 1 heteroatoms. The zero-order valence-corrected chi connectivity index (χ0v) is 7.71. The first-order valence-corrected chi connectivity index (χ1v) is 4.45. The molecule has 1 atom stereocenters. The molecular formula is C10H20O. The van der Waals surface area contributed by atoms with Crippen molar-refractivity contribution in [1.82, 2.24) is 0 Å². The summed E-state index contributed by atoms with van der Waals surface area (Å²) in [4.78, 5) is 0. The van der Waals surface area contributed by atoms with Crippen molar-refractivity contribution in [2.75, 3.05) is 0 Å². The molecule has 0 aromatic carbocycles. The molecule has 0 aliphatic heterocycles. The Balaban J connectivity index is 3.16. The van der Waals surface area contributed by atoms with Gasteiger partial charge in [0.1, 0.15) is 0 Å². The molecule has 0 aliphatic rings. The fraction of sp³-hybridized carbons (Fsp3) is 0.800. The third-order valence-electron chi connectivity index (χ3n) is 1.76. The summed E-state index contributed by atoms with van der Waals surface area (Å²) < 4.78 is 0. The van der Waals surface area contributed by atoms with E-state index in [0.717, 1.165) is 25.2 Å². The van der Waals surface area contributed by atoms with Crippen LogP contribution in [-0.2, 0) is 0 Å². The van der Waals surface area contributed by atoms with Crippen molar-refractivity contribution in [3.8, 4) is 0 Å². The van der Waals surface area contributed by atoms with E-state index >= 15 is 0 Å². The van der Waals surface area contributed by atoms with Gasteiger partial charge in [-0.2, -0.15) is 0 Å². The molecule has 0 heterocycles. The van der Waals surface area contributed by atoms with E-state index in [-0.39, 0.29) is 6.10 Å². The summed E-state index contributed by atoms with van der Waals surface area (Å²) in [6.45, 7) is 8.00. The average molecular weight is 156 g/mol. The van der Waals surface area contributed by atoms with Crippen LogP contribution in [0.2, 0.25) is 0 Å². The molecule has 0 saturated carbocycles. The molecule has 0 aromatic rings. The predicted octanol–water partition coefficient (Wildman–Crippen LogP) is 2.75. The van der Waals surface area contributed by atoms with E-state index in [1.54, 1.807) is 6.08 Å². The third-order valence-corrected chi connectivity index (χ3v) is 1.76. The Morgan fingerprint density at radius 1 is 1.36 bits per heavy atom. The van der Waals surface area contributed by atoms with Crippen LogP contribution in [0.5, 0.6) is 0 Å². The maximum atomic E-state index is 9.29. The van der Waals surface area contributed by atoms with Crippen molar-refractivity contribution in [1.29, 1.82) is 0 Å². The molecule has 0 aliphatic carbocycles. The number of aliphatic hydroxyl groups excluding tert-OH is 1. The lowest BCUT2D eigenvalue weighted by molar-refractivity contribution is 0.162. The van der Waals surface area contributed by atoms with E-state index in [1.807, 2.05) is 0 Å². The number of rotatable bonds is 6. The van der Waals surface area contributed by atoms with Gasteiger partial charge in [-0.05, 0) is 18.8 Å². The second-order valence-electron chi connectivity index (χ2n) is 3.50. The Hall–Kier alpha value is -0.300. The zero-order chi connectivity index (χ0) is 8.69. The molecule has 0 saturated heterocycles. The summed E-state index contributed by atoms with van der Waals surface area (Å²) in [5.74, 6) is 0.755. The van der Waals surface area contributed by atoms with Crippen LogP contribution in [0.3, 0.4) is 0 Å². The minimum absolute atomic E-state index is 0.161. The Morgan fingerprint density at radius 3 is 2.45 bits per heavy atom. The molecule has 0 bridgehead atoms. The highest BCUT2D eigenvalue weighted by molar-refractivity contribution is 4.72. The quantitative estimate of drug-likeness (QED) is 0.586. The van der Waals surface area contributed by atoms with Gasteiger partial charge in [0.25, 0.3) is 0 Å². The highest BCUT2D eigenvalue weighted by atomic mass is 16.3. The van der Waals surface area contributed by atoms with E-state index in [0.29, 0.717) is 0 Å². The molecule has 0 spiro atoms. The highest BCUT2D eigenvalue weighted by Crippen LogP contribution is 2.09. The fourth-order valence-corrected chi connectivity index (χ4v) is 1.07. The van der Waals surface area contributed by atoms with Crippen molar-refractivity contribution >= 4 is 0 Å². The first-order valence-electron chi connectivity index (χ1n) is 4.45. The van der Waals surface area contributed by atoms with Crippen LogP contribution in [0.25, 0.3) is 0 Å². The van der Waals surface area contributed by atoms with Crippen molar-refractivity contribution in [2.45, 2.75) is 45.6 Å². The summed E-state index contributed by atoms with van der Waals surface area (Å²) in [5, 5.41) is 9.29. The number of hydrogen-bond donors (Lipinski definition) is 1. The molecule has 11 heavy (non-hydrogen) atoms. The minimum atomic E-state index is -0.161. The summed E-state index contributed by atoms with van der Waals surface area (Å²) in [6, 6.07) is 0. The van der Waals surface area contributed by atoms with E-state index in [1.165, 1.54) is 6.42 Å². The molecule has 0 amide bonds. The lowest BCUT2D eigenvalue weighted by Gasteiger charge is -2.08. The summed E-state index contributed by atoms with van der Waals surface area (Å²) >= 11 is 0. The summed E-state index contributed by atoms with van der Waals surface area (Å²) in [7, 11) is 0. The lowest BCUT2D eigenvalue weighted by atomic mass is 10.0. The normalized spacial score (nSPS) is 13.5. The van der Waals surface area contributed by atoms with Gasteiger partial charge < -0.3 is 5.11 Å². The molecular weight excluding hydrogens is 136 g/mol. The van der Waals surface area contributed by atoms with E-state index in [9.17, 15) is 5.11 Å². The monoisotopic (exact) mass is 156 g/mol. The Kier molecular flexibility index (Phi) is 6.24. The lowest BCUT2D eigenvalue weighted by Crippen LogP contribution is -2.04. The first kappa shape index (κ1) is 10.7. The van der Waals surface area contributed by atoms with Crippen LogP contribution in [-0.4, -0.2) is 11.2 Å². The SMILES string of the molecule is C=CC[C@H](O)CCCC(C)C. The topological polar surface area (TPSA) is 20.2 Å². The molecule has 1 nitrogen and oxygen atoms in total. The molecule has 1 N–H and O–H groups in total. The second kappa shape index (κ2) is 6.41. The van der Waals surface area contributed by atoms with Crippen LogP contribution in [0, 0.1) is 5.92 Å². The van der Waals surface area contributed by atoms with Crippen molar-refractivity contribution in [3.05, 3.63) is 12.7 Å². The molecule has 0 aromatic heterocycles. The van der Waals surface area contributed by atoms with E-state index in [4.69, 9.17) is 0 Å². The first-order chi connectivity index (χ1) is 5.16. The van der Waals surface area contributed by atoms with E-state index in [2.05, 4.69) is 20.4 Å². The van der Waals surface area contributed by atoms with Gasteiger partial charge in [-0.25, -0.2) is 0 Å². The summed E-state index contributed by atoms with van der Waals surface area (Å²) in [5.41, 5.74) is 0. The molecule has 0 unspecified atom stereocenters. The van der Waals surface area contributed by atoms with Gasteiger partial charge in [-0.1, -0.05) is 32.8 Å². The van der Waals surface area contributed by atoms with Gasteiger partial charge in [-0.15, -0.1) is 6.58 Å². The van der Waals surface area contributed by atoms with Crippen LogP contribution < -0.4 is 0 Å². The van der Waals surface area contributed by atoms with Crippen LogP contribution in [0.1, 0.15) is 39.5 Å². The van der Waals surface area contributed by atoms with Crippen LogP contribution in [0.4, 0.5) is 0 Å². The van der Waals surface area contributed by atoms with Crippen molar-refractivity contribution in [3.63, 3.8) is 0 Å². The largest absolute Gasteiger partial charge is 0.393 e. The Labute approximate surface area is 70.1 Å². The van der Waals surface area contributed by atoms with Crippen LogP contribution in [0.15, 0.2) is 12.7 Å². The second-order valence-corrected chi connectivity index (χ2v) is 3.50. The molecule has 0 radical (unpaired) electrons. The predicted molar refractivity (Wildman–Crippen MR) is 49.5 cm³/mol. The summed E-state index contributed by atoms with van der Waals surface area (Å²) in [6.07, 6.45) is 5.62. The maximum Gasteiger partial charge on any atom is 0.0574 e. The van der Waals surface area contributed by atoms with Crippen molar-refractivity contribution in [2.24, 2.45) is 5.92 Å². The van der Waals surface area contributed by atoms with Gasteiger partial charge in [-0.3, -0.25) is 0 Å². The van der Waals surface area contributed by atoms with Crippen LogP contribution >= 0.6 is 0 Å². The standard InChI is InChI=1S/C10H20O/c1-4-6-10(11)8-5-7-9(2)3/h4,9-11H,1,5-8H2,2-3H3/t10-/m0/s1. The smallest absolute Gasteiger partial charge is 0.0574 e. The number of aliphatic hydroxyl groups is 1. The van der Waals surface area contributed by atoms with Gasteiger partial charge in [0.2, 0.25) is 0 Å². The van der Waals surface area contributed by atoms with Gasteiger partial charge in [0, 0.05) is 0 Å². The average Bonchev–Trinajstić information content (AvgIpc) is 1.87. The zero-order valence-electron chi connectivity index (χ0n) is 7.71. The van der Waals surface area contributed by atoms with Crippen molar-refractivity contribution < 1.29 is 5.11 Å².